The third-order valence-corrected chi connectivity index (χ3v) is 7.20. The number of methoxy groups -OCH3 is 1. The van der Waals surface area contributed by atoms with Crippen LogP contribution < -0.4 is 23.9 Å². The van der Waals surface area contributed by atoms with E-state index in [2.05, 4.69) is 10.5 Å². The van der Waals surface area contributed by atoms with Crippen LogP contribution in [-0.4, -0.2) is 41.0 Å². The number of halogens is 1. The number of hydrazone groups is 1. The van der Waals surface area contributed by atoms with E-state index in [4.69, 9.17) is 25.8 Å². The summed E-state index contributed by atoms with van der Waals surface area (Å²) in [6, 6.07) is 16.0. The van der Waals surface area contributed by atoms with E-state index in [0.29, 0.717) is 22.8 Å². The lowest BCUT2D eigenvalue weighted by Crippen LogP contribution is -2.39. The first-order chi connectivity index (χ1) is 16.8. The van der Waals surface area contributed by atoms with E-state index >= 15 is 0 Å². The Kier molecular flexibility index (Phi) is 7.13. The van der Waals surface area contributed by atoms with Crippen molar-refractivity contribution in [2.24, 2.45) is 5.10 Å². The van der Waals surface area contributed by atoms with Crippen molar-refractivity contribution in [1.82, 2.24) is 5.43 Å². The molecule has 1 aliphatic rings. The molecule has 1 heterocycles. The van der Waals surface area contributed by atoms with E-state index < -0.39 is 22.5 Å². The summed E-state index contributed by atoms with van der Waals surface area (Å²) in [5.74, 6) is 0.929. The standard InChI is InChI=1S/C24H22ClN3O6S/c1-16-3-7-19(8-4-16)35(30,31)28(18-6-10-21(32-2)20(25)12-18)14-24(29)27-26-13-17-5-9-22-23(11-17)34-15-33-22/h3-13H,14-15H2,1-2H3,(H,27,29)/b26-13-. The van der Waals surface area contributed by atoms with Crippen molar-refractivity contribution < 1.29 is 27.4 Å². The van der Waals surface area contributed by atoms with Crippen molar-refractivity contribution in [2.45, 2.75) is 11.8 Å². The highest BCUT2D eigenvalue weighted by molar-refractivity contribution is 7.92. The predicted molar refractivity (Wildman–Crippen MR) is 132 cm³/mol. The smallest absolute Gasteiger partial charge is 0.264 e. The van der Waals surface area contributed by atoms with E-state index in [-0.39, 0.29) is 22.4 Å². The van der Waals surface area contributed by atoms with Crippen LogP contribution in [0.25, 0.3) is 0 Å². The molecule has 0 saturated carbocycles. The van der Waals surface area contributed by atoms with Crippen molar-refractivity contribution in [2.75, 3.05) is 24.8 Å². The fraction of sp³-hybridized carbons (Fsp3) is 0.167. The average molecular weight is 516 g/mol. The zero-order chi connectivity index (χ0) is 25.0. The van der Waals surface area contributed by atoms with Crippen LogP contribution in [0.4, 0.5) is 5.69 Å². The van der Waals surface area contributed by atoms with Gasteiger partial charge in [-0.1, -0.05) is 29.3 Å². The van der Waals surface area contributed by atoms with Crippen LogP contribution in [0.5, 0.6) is 17.2 Å². The number of fused-ring (bicyclic) bond motifs is 1. The molecule has 0 fully saturated rings. The highest BCUT2D eigenvalue weighted by atomic mass is 35.5. The van der Waals surface area contributed by atoms with E-state index in [1.54, 1.807) is 30.3 Å². The molecule has 1 aliphatic heterocycles. The van der Waals surface area contributed by atoms with Crippen LogP contribution in [-0.2, 0) is 14.8 Å². The quantitative estimate of drug-likeness (QED) is 0.362. The number of nitrogens with zero attached hydrogens (tertiary/aromatic N) is 2. The topological polar surface area (TPSA) is 107 Å². The molecule has 3 aromatic carbocycles. The molecule has 182 valence electrons. The second kappa shape index (κ2) is 10.2. The number of sulfonamides is 1. The number of amides is 1. The minimum atomic E-state index is -4.10. The van der Waals surface area contributed by atoms with Crippen molar-refractivity contribution in [3.8, 4) is 17.2 Å². The molecule has 0 bridgehead atoms. The normalized spacial score (nSPS) is 12.5. The Bertz CT molecular complexity index is 1380. The maximum Gasteiger partial charge on any atom is 0.264 e. The Labute approximate surface area is 207 Å². The number of carbonyl (C=O) groups excluding carboxylic acids is 1. The molecule has 0 aliphatic carbocycles. The van der Waals surface area contributed by atoms with Gasteiger partial charge in [0.25, 0.3) is 15.9 Å². The Morgan fingerprint density at radius 1 is 1.11 bits per heavy atom. The Balaban J connectivity index is 1.56. The fourth-order valence-electron chi connectivity index (χ4n) is 3.30. The number of rotatable bonds is 8. The summed E-state index contributed by atoms with van der Waals surface area (Å²) >= 11 is 6.23. The van der Waals surface area contributed by atoms with Crippen LogP contribution in [0.15, 0.2) is 70.7 Å². The summed E-state index contributed by atoms with van der Waals surface area (Å²) in [5.41, 5.74) is 4.13. The lowest BCUT2D eigenvalue weighted by Gasteiger charge is -2.24. The number of aryl methyl sites for hydroxylation is 1. The number of carbonyl (C=O) groups is 1. The number of hydrogen-bond donors (Lipinski definition) is 1. The largest absolute Gasteiger partial charge is 0.495 e. The fourth-order valence-corrected chi connectivity index (χ4v) is 4.97. The maximum atomic E-state index is 13.5. The molecule has 0 aromatic heterocycles. The highest BCUT2D eigenvalue weighted by Crippen LogP contribution is 2.33. The SMILES string of the molecule is COc1ccc(N(CC(=O)N/N=C\c2ccc3c(c2)OCO3)S(=O)(=O)c2ccc(C)cc2)cc1Cl. The molecular formula is C24H22ClN3O6S. The molecule has 0 atom stereocenters. The minimum absolute atomic E-state index is 0.0340. The van der Waals surface area contributed by atoms with Gasteiger partial charge in [-0.15, -0.1) is 0 Å². The van der Waals surface area contributed by atoms with Crippen molar-refractivity contribution in [3.05, 3.63) is 76.8 Å². The van der Waals surface area contributed by atoms with Gasteiger partial charge in [-0.05, 0) is 61.0 Å². The van der Waals surface area contributed by atoms with Crippen LogP contribution in [0.2, 0.25) is 5.02 Å². The van der Waals surface area contributed by atoms with Crippen molar-refractivity contribution in [1.29, 1.82) is 0 Å². The summed E-state index contributed by atoms with van der Waals surface area (Å²) in [4.78, 5) is 12.7. The van der Waals surface area contributed by atoms with Gasteiger partial charge in [0.05, 0.1) is 28.9 Å². The molecular weight excluding hydrogens is 494 g/mol. The Morgan fingerprint density at radius 3 is 2.57 bits per heavy atom. The second-order valence-electron chi connectivity index (χ2n) is 7.55. The van der Waals surface area contributed by atoms with E-state index in [0.717, 1.165) is 9.87 Å². The molecule has 1 N–H and O–H groups in total. The first kappa shape index (κ1) is 24.4. The molecule has 9 nitrogen and oxygen atoms in total. The van der Waals surface area contributed by atoms with Crippen LogP contribution >= 0.6 is 11.6 Å². The van der Waals surface area contributed by atoms with Gasteiger partial charge in [0.2, 0.25) is 6.79 Å². The van der Waals surface area contributed by atoms with Gasteiger partial charge in [-0.25, -0.2) is 13.8 Å². The van der Waals surface area contributed by atoms with Gasteiger partial charge in [0, 0.05) is 0 Å². The van der Waals surface area contributed by atoms with Crippen molar-refractivity contribution >= 4 is 39.4 Å². The zero-order valence-electron chi connectivity index (χ0n) is 18.9. The molecule has 0 unspecified atom stereocenters. The summed E-state index contributed by atoms with van der Waals surface area (Å²) in [6.45, 7) is 1.47. The second-order valence-corrected chi connectivity index (χ2v) is 9.82. The molecule has 0 saturated heterocycles. The molecule has 0 spiro atoms. The number of ether oxygens (including phenoxy) is 3. The first-order valence-electron chi connectivity index (χ1n) is 10.4. The van der Waals surface area contributed by atoms with Crippen LogP contribution in [0, 0.1) is 6.92 Å². The number of benzene rings is 3. The third-order valence-electron chi connectivity index (χ3n) is 5.12. The van der Waals surface area contributed by atoms with E-state index in [1.165, 1.54) is 43.7 Å². The molecule has 4 rings (SSSR count). The Morgan fingerprint density at radius 2 is 1.86 bits per heavy atom. The molecule has 11 heteroatoms. The molecule has 3 aromatic rings. The summed E-state index contributed by atoms with van der Waals surface area (Å²) in [5, 5.41) is 4.14. The average Bonchev–Trinajstić information content (AvgIpc) is 3.31. The first-order valence-corrected chi connectivity index (χ1v) is 12.2. The number of anilines is 1. The molecule has 0 radical (unpaired) electrons. The van der Waals surface area contributed by atoms with Gasteiger partial charge < -0.3 is 14.2 Å². The predicted octanol–water partition coefficient (Wildman–Crippen LogP) is 3.73. The van der Waals surface area contributed by atoms with E-state index in [1.807, 2.05) is 6.92 Å². The number of nitrogens with one attached hydrogen (secondary N) is 1. The highest BCUT2D eigenvalue weighted by Gasteiger charge is 2.28. The van der Waals surface area contributed by atoms with Crippen LogP contribution in [0.1, 0.15) is 11.1 Å². The van der Waals surface area contributed by atoms with Gasteiger partial charge in [0.1, 0.15) is 12.3 Å². The lowest BCUT2D eigenvalue weighted by molar-refractivity contribution is -0.119. The Hall–Kier alpha value is -3.76. The number of hydrogen-bond acceptors (Lipinski definition) is 7. The van der Waals surface area contributed by atoms with Crippen LogP contribution in [0.3, 0.4) is 0 Å². The monoisotopic (exact) mass is 515 g/mol. The lowest BCUT2D eigenvalue weighted by atomic mass is 10.2. The zero-order valence-corrected chi connectivity index (χ0v) is 20.5. The summed E-state index contributed by atoms with van der Waals surface area (Å²) < 4.78 is 43.6. The molecule has 35 heavy (non-hydrogen) atoms. The maximum absolute atomic E-state index is 13.5. The summed E-state index contributed by atoms with van der Waals surface area (Å²) in [6.07, 6.45) is 1.42. The van der Waals surface area contributed by atoms with Crippen molar-refractivity contribution in [3.63, 3.8) is 0 Å². The summed E-state index contributed by atoms with van der Waals surface area (Å²) in [7, 11) is -2.64. The molecule has 1 amide bonds. The van der Waals surface area contributed by atoms with Gasteiger partial charge in [-0.2, -0.15) is 5.10 Å². The van der Waals surface area contributed by atoms with Gasteiger partial charge in [-0.3, -0.25) is 9.10 Å². The third kappa shape index (κ3) is 5.50. The van der Waals surface area contributed by atoms with E-state index in [9.17, 15) is 13.2 Å². The minimum Gasteiger partial charge on any atom is -0.495 e. The van der Waals surface area contributed by atoms with Gasteiger partial charge in [0.15, 0.2) is 11.5 Å². The van der Waals surface area contributed by atoms with Gasteiger partial charge >= 0.3 is 0 Å².